The van der Waals surface area contributed by atoms with Gasteiger partial charge in [0.2, 0.25) is 0 Å². The maximum absolute atomic E-state index is 12.1. The molecule has 5 heteroatoms. The largest absolute Gasteiger partial charge is 0.347 e. The first kappa shape index (κ1) is 14.6. The Bertz CT molecular complexity index is 577. The Morgan fingerprint density at radius 3 is 2.89 bits per heavy atom. The van der Waals surface area contributed by atoms with Gasteiger partial charge in [-0.15, -0.1) is 11.3 Å². The minimum Gasteiger partial charge on any atom is -0.347 e. The Labute approximate surface area is 129 Å². The van der Waals surface area contributed by atoms with Crippen LogP contribution in [-0.2, 0) is 13.0 Å². The lowest BCUT2D eigenvalue weighted by molar-refractivity contribution is 0.0951. The molecule has 1 aromatic carbocycles. The minimum absolute atomic E-state index is 0.112. The Morgan fingerprint density at radius 2 is 2.21 bits per heavy atom. The predicted octanol–water partition coefficient (Wildman–Crippen LogP) is 4.66. The summed E-state index contributed by atoms with van der Waals surface area (Å²) in [5, 5.41) is 5.52. The van der Waals surface area contributed by atoms with E-state index < -0.39 is 0 Å². The van der Waals surface area contributed by atoms with Crippen LogP contribution in [0, 0.1) is 0 Å². The summed E-state index contributed by atoms with van der Waals surface area (Å²) < 4.78 is 0.801. The van der Waals surface area contributed by atoms with Crippen LogP contribution in [0.3, 0.4) is 0 Å². The molecule has 0 aliphatic rings. The summed E-state index contributed by atoms with van der Waals surface area (Å²) in [5.41, 5.74) is 1.85. The van der Waals surface area contributed by atoms with Crippen molar-refractivity contribution >= 4 is 44.8 Å². The Kier molecular flexibility index (Phi) is 5.02. The van der Waals surface area contributed by atoms with Gasteiger partial charge >= 0.3 is 0 Å². The molecule has 0 bridgehead atoms. The van der Waals surface area contributed by atoms with Crippen LogP contribution in [0.4, 0.5) is 0 Å². The number of thiophene rings is 1. The maximum Gasteiger partial charge on any atom is 0.251 e. The number of halogens is 2. The van der Waals surface area contributed by atoms with Crippen molar-refractivity contribution in [3.8, 4) is 0 Å². The third-order valence-corrected chi connectivity index (χ3v) is 4.39. The minimum atomic E-state index is -0.112. The monoisotopic (exact) mass is 357 g/mol. The second-order valence-corrected chi connectivity index (χ2v) is 6.42. The van der Waals surface area contributed by atoms with E-state index in [0.717, 1.165) is 10.9 Å². The fraction of sp³-hybridized carbons (Fsp3) is 0.214. The van der Waals surface area contributed by atoms with E-state index in [9.17, 15) is 4.79 Å². The number of nitrogens with one attached hydrogen (secondary N) is 1. The zero-order valence-corrected chi connectivity index (χ0v) is 13.5. The Morgan fingerprint density at radius 1 is 1.42 bits per heavy atom. The summed E-state index contributed by atoms with van der Waals surface area (Å²) in [5.74, 6) is -0.112. The Hall–Kier alpha value is -0.840. The van der Waals surface area contributed by atoms with Gasteiger partial charge in [-0.3, -0.25) is 4.79 Å². The number of rotatable bonds is 4. The number of carbonyl (C=O) groups excluding carboxylic acids is 1. The lowest BCUT2D eigenvalue weighted by Gasteiger charge is -2.06. The van der Waals surface area contributed by atoms with Crippen LogP contribution in [0.2, 0.25) is 5.02 Å². The molecule has 1 N–H and O–H groups in total. The van der Waals surface area contributed by atoms with Gasteiger partial charge in [-0.05, 0) is 41.6 Å². The molecule has 2 rings (SSSR count). The number of carbonyl (C=O) groups is 1. The molecular weight excluding hydrogens is 346 g/mol. The van der Waals surface area contributed by atoms with Crippen molar-refractivity contribution in [2.75, 3.05) is 0 Å². The highest BCUT2D eigenvalue weighted by atomic mass is 79.9. The molecule has 100 valence electrons. The van der Waals surface area contributed by atoms with E-state index in [1.165, 1.54) is 10.4 Å². The number of aryl methyl sites for hydroxylation is 1. The fourth-order valence-electron chi connectivity index (χ4n) is 1.78. The van der Waals surface area contributed by atoms with Crippen molar-refractivity contribution in [2.45, 2.75) is 19.9 Å². The average molecular weight is 359 g/mol. The van der Waals surface area contributed by atoms with Gasteiger partial charge in [-0.1, -0.05) is 34.5 Å². The van der Waals surface area contributed by atoms with Crippen LogP contribution in [0.25, 0.3) is 0 Å². The molecule has 0 aliphatic heterocycles. The summed E-state index contributed by atoms with van der Waals surface area (Å²) in [4.78, 5) is 13.3. The fourth-order valence-corrected chi connectivity index (χ4v) is 3.56. The lowest BCUT2D eigenvalue weighted by atomic mass is 10.2. The van der Waals surface area contributed by atoms with E-state index in [0.29, 0.717) is 17.1 Å². The molecule has 0 saturated carbocycles. The van der Waals surface area contributed by atoms with E-state index in [2.05, 4.69) is 39.6 Å². The SMILES string of the molecule is CCc1ccsc1CNC(=O)c1cc(Cl)cc(Br)c1. The van der Waals surface area contributed by atoms with Gasteiger partial charge in [0, 0.05) is 19.9 Å². The van der Waals surface area contributed by atoms with E-state index in [4.69, 9.17) is 11.6 Å². The van der Waals surface area contributed by atoms with Gasteiger partial charge < -0.3 is 5.32 Å². The van der Waals surface area contributed by atoms with Crippen molar-refractivity contribution < 1.29 is 4.79 Å². The average Bonchev–Trinajstić information content (AvgIpc) is 2.82. The topological polar surface area (TPSA) is 29.1 Å². The highest BCUT2D eigenvalue weighted by Gasteiger charge is 2.09. The number of amides is 1. The number of hydrogen-bond donors (Lipinski definition) is 1. The highest BCUT2D eigenvalue weighted by molar-refractivity contribution is 9.10. The third-order valence-electron chi connectivity index (χ3n) is 2.75. The molecule has 1 amide bonds. The van der Waals surface area contributed by atoms with Gasteiger partial charge in [-0.25, -0.2) is 0 Å². The Balaban J connectivity index is 2.05. The van der Waals surface area contributed by atoms with Gasteiger partial charge in [0.05, 0.1) is 6.54 Å². The predicted molar refractivity (Wildman–Crippen MR) is 84.0 cm³/mol. The molecule has 0 spiro atoms. The second kappa shape index (κ2) is 6.55. The van der Waals surface area contributed by atoms with Gasteiger partial charge in [0.1, 0.15) is 0 Å². The summed E-state index contributed by atoms with van der Waals surface area (Å²) in [6, 6.07) is 7.28. The molecule has 0 atom stereocenters. The molecular formula is C14H13BrClNOS. The van der Waals surface area contributed by atoms with Crippen molar-refractivity contribution in [3.05, 3.63) is 55.1 Å². The standard InChI is InChI=1S/C14H13BrClNOS/c1-2-9-3-4-19-13(9)8-17-14(18)10-5-11(15)7-12(16)6-10/h3-7H,2,8H2,1H3,(H,17,18). The molecule has 0 saturated heterocycles. The first-order valence-corrected chi connectivity index (χ1v) is 7.94. The van der Waals surface area contributed by atoms with E-state index in [-0.39, 0.29) is 5.91 Å². The van der Waals surface area contributed by atoms with Crippen LogP contribution >= 0.6 is 38.9 Å². The first-order valence-electron chi connectivity index (χ1n) is 5.89. The van der Waals surface area contributed by atoms with Crippen LogP contribution in [0.5, 0.6) is 0 Å². The van der Waals surface area contributed by atoms with E-state index >= 15 is 0 Å². The van der Waals surface area contributed by atoms with Gasteiger partial charge in [0.15, 0.2) is 0 Å². The quantitative estimate of drug-likeness (QED) is 0.846. The molecule has 0 unspecified atom stereocenters. The van der Waals surface area contributed by atoms with E-state index in [1.54, 1.807) is 29.5 Å². The molecule has 2 aromatic rings. The van der Waals surface area contributed by atoms with Crippen LogP contribution in [0.1, 0.15) is 27.7 Å². The normalized spacial score (nSPS) is 10.5. The van der Waals surface area contributed by atoms with Crippen molar-refractivity contribution in [2.24, 2.45) is 0 Å². The van der Waals surface area contributed by atoms with Crippen molar-refractivity contribution in [3.63, 3.8) is 0 Å². The third kappa shape index (κ3) is 3.81. The van der Waals surface area contributed by atoms with E-state index in [1.807, 2.05) is 0 Å². The molecule has 0 aliphatic carbocycles. The van der Waals surface area contributed by atoms with Gasteiger partial charge in [0.25, 0.3) is 5.91 Å². The van der Waals surface area contributed by atoms with Crippen LogP contribution < -0.4 is 5.32 Å². The first-order chi connectivity index (χ1) is 9.10. The maximum atomic E-state index is 12.1. The van der Waals surface area contributed by atoms with Crippen molar-refractivity contribution in [1.82, 2.24) is 5.32 Å². The van der Waals surface area contributed by atoms with Crippen molar-refractivity contribution in [1.29, 1.82) is 0 Å². The molecule has 19 heavy (non-hydrogen) atoms. The molecule has 1 heterocycles. The highest BCUT2D eigenvalue weighted by Crippen LogP contribution is 2.20. The number of hydrogen-bond acceptors (Lipinski definition) is 2. The summed E-state index contributed by atoms with van der Waals surface area (Å²) in [7, 11) is 0. The molecule has 0 radical (unpaired) electrons. The number of benzene rings is 1. The zero-order valence-electron chi connectivity index (χ0n) is 10.4. The zero-order chi connectivity index (χ0) is 13.8. The second-order valence-electron chi connectivity index (χ2n) is 4.06. The molecule has 2 nitrogen and oxygen atoms in total. The van der Waals surface area contributed by atoms with Gasteiger partial charge in [-0.2, -0.15) is 0 Å². The summed E-state index contributed by atoms with van der Waals surface area (Å²) >= 11 is 10.9. The molecule has 1 aromatic heterocycles. The summed E-state index contributed by atoms with van der Waals surface area (Å²) in [6.07, 6.45) is 0.984. The smallest absolute Gasteiger partial charge is 0.251 e. The summed E-state index contributed by atoms with van der Waals surface area (Å²) in [6.45, 7) is 2.67. The van der Waals surface area contributed by atoms with Crippen LogP contribution in [0.15, 0.2) is 34.1 Å². The molecule has 0 fully saturated rings. The van der Waals surface area contributed by atoms with Crippen LogP contribution in [-0.4, -0.2) is 5.91 Å². The lowest BCUT2D eigenvalue weighted by Crippen LogP contribution is -2.22.